The van der Waals surface area contributed by atoms with Crippen molar-refractivity contribution < 1.29 is 5.21 Å². The second-order valence-corrected chi connectivity index (χ2v) is 5.55. The predicted octanol–water partition coefficient (Wildman–Crippen LogP) is 4.97. The highest BCUT2D eigenvalue weighted by molar-refractivity contribution is 5.96. The minimum atomic E-state index is 0.538. The Labute approximate surface area is 128 Å². The summed E-state index contributed by atoms with van der Waals surface area (Å²) in [5.74, 6) is 0.538. The summed E-state index contributed by atoms with van der Waals surface area (Å²) in [4.78, 5) is 8.22. The van der Waals surface area contributed by atoms with Crippen LogP contribution in [0.1, 0.15) is 83.4 Å². The van der Waals surface area contributed by atoms with Gasteiger partial charge in [-0.15, -0.1) is 0 Å². The van der Waals surface area contributed by atoms with Gasteiger partial charge in [-0.3, -0.25) is 0 Å². The first-order valence-corrected chi connectivity index (χ1v) is 8.36. The third kappa shape index (κ3) is 8.43. The molecule has 0 aromatic carbocycles. The monoisotopic (exact) mass is 291 g/mol. The molecule has 1 rings (SSSR count). The summed E-state index contributed by atoms with van der Waals surface area (Å²) >= 11 is 0. The molecule has 21 heavy (non-hydrogen) atoms. The molecule has 0 saturated carbocycles. The van der Waals surface area contributed by atoms with Crippen molar-refractivity contribution >= 4 is 5.71 Å². The molecule has 0 atom stereocenters. The van der Waals surface area contributed by atoms with E-state index in [-0.39, 0.29) is 0 Å². The van der Waals surface area contributed by atoms with Gasteiger partial charge in [0.25, 0.3) is 0 Å². The van der Waals surface area contributed by atoms with Crippen LogP contribution in [0, 0.1) is 0 Å². The first-order chi connectivity index (χ1) is 10.4. The van der Waals surface area contributed by atoms with E-state index in [0.29, 0.717) is 11.5 Å². The third-order valence-electron chi connectivity index (χ3n) is 3.71. The van der Waals surface area contributed by atoms with Crippen molar-refractivity contribution in [1.29, 1.82) is 0 Å². The zero-order chi connectivity index (χ0) is 15.2. The van der Waals surface area contributed by atoms with Crippen LogP contribution in [0.2, 0.25) is 0 Å². The largest absolute Gasteiger partial charge is 0.411 e. The number of nitrogens with zero attached hydrogens (tertiary/aromatic N) is 3. The number of aromatic nitrogens is 2. The van der Waals surface area contributed by atoms with E-state index in [0.717, 1.165) is 12.8 Å². The van der Waals surface area contributed by atoms with Gasteiger partial charge in [0.2, 0.25) is 0 Å². The summed E-state index contributed by atoms with van der Waals surface area (Å²) in [6, 6.07) is 1.76. The van der Waals surface area contributed by atoms with Crippen molar-refractivity contribution in [3.8, 4) is 0 Å². The normalized spacial score (nSPS) is 11.8. The second kappa shape index (κ2) is 12.3. The molecule has 4 heteroatoms. The minimum Gasteiger partial charge on any atom is -0.411 e. The average molecular weight is 291 g/mol. The van der Waals surface area contributed by atoms with Gasteiger partial charge in [-0.05, 0) is 18.9 Å². The highest BCUT2D eigenvalue weighted by atomic mass is 16.4. The van der Waals surface area contributed by atoms with Crippen LogP contribution in [0.25, 0.3) is 0 Å². The molecule has 0 spiro atoms. The zero-order valence-electron chi connectivity index (χ0n) is 13.3. The lowest BCUT2D eigenvalue weighted by Crippen LogP contribution is -2.06. The van der Waals surface area contributed by atoms with Gasteiger partial charge in [-0.2, -0.15) is 0 Å². The Balaban J connectivity index is 2.01. The van der Waals surface area contributed by atoms with E-state index in [1.165, 1.54) is 57.8 Å². The molecule has 118 valence electrons. The van der Waals surface area contributed by atoms with Gasteiger partial charge in [0.15, 0.2) is 5.82 Å². The highest BCUT2D eigenvalue weighted by Gasteiger charge is 2.06. The summed E-state index contributed by atoms with van der Waals surface area (Å²) in [7, 11) is 0. The van der Waals surface area contributed by atoms with Crippen LogP contribution in [0.3, 0.4) is 0 Å². The van der Waals surface area contributed by atoms with Crippen LogP contribution < -0.4 is 0 Å². The van der Waals surface area contributed by atoms with Gasteiger partial charge in [0, 0.05) is 12.4 Å². The molecule has 4 nitrogen and oxygen atoms in total. The SMILES string of the molecule is CCCCCCCCCCCC/C(=N/O)c1ncccn1. The molecule has 0 bridgehead atoms. The number of hydrogen-bond acceptors (Lipinski definition) is 4. The van der Waals surface area contributed by atoms with Gasteiger partial charge in [0.05, 0.1) is 0 Å². The summed E-state index contributed by atoms with van der Waals surface area (Å²) in [6.45, 7) is 2.25. The first kappa shape index (κ1) is 17.6. The van der Waals surface area contributed by atoms with E-state index >= 15 is 0 Å². The maximum Gasteiger partial charge on any atom is 0.177 e. The van der Waals surface area contributed by atoms with E-state index in [4.69, 9.17) is 5.21 Å². The molecule has 0 saturated heterocycles. The number of rotatable bonds is 12. The van der Waals surface area contributed by atoms with Crippen molar-refractivity contribution in [3.63, 3.8) is 0 Å². The Morgan fingerprint density at radius 1 is 0.905 bits per heavy atom. The molecular weight excluding hydrogens is 262 g/mol. The van der Waals surface area contributed by atoms with E-state index in [9.17, 15) is 0 Å². The Bertz CT molecular complexity index is 379. The maximum atomic E-state index is 9.03. The molecule has 0 radical (unpaired) electrons. The van der Waals surface area contributed by atoms with Gasteiger partial charge in [-0.25, -0.2) is 9.97 Å². The fourth-order valence-corrected chi connectivity index (χ4v) is 2.43. The van der Waals surface area contributed by atoms with Crippen LogP contribution in [0.4, 0.5) is 0 Å². The van der Waals surface area contributed by atoms with E-state index in [2.05, 4.69) is 22.0 Å². The third-order valence-corrected chi connectivity index (χ3v) is 3.71. The first-order valence-electron chi connectivity index (χ1n) is 8.36. The fourth-order valence-electron chi connectivity index (χ4n) is 2.43. The summed E-state index contributed by atoms with van der Waals surface area (Å²) in [5.41, 5.74) is 0.593. The average Bonchev–Trinajstić information content (AvgIpc) is 2.54. The molecule has 0 unspecified atom stereocenters. The molecule has 1 aromatic heterocycles. The van der Waals surface area contributed by atoms with Crippen LogP contribution in [0.5, 0.6) is 0 Å². The fraction of sp³-hybridized carbons (Fsp3) is 0.706. The van der Waals surface area contributed by atoms with Crippen molar-refractivity contribution in [3.05, 3.63) is 24.3 Å². The molecule has 1 aromatic rings. The van der Waals surface area contributed by atoms with Gasteiger partial charge in [0.1, 0.15) is 5.71 Å². The lowest BCUT2D eigenvalue weighted by atomic mass is 10.0. The zero-order valence-corrected chi connectivity index (χ0v) is 13.3. The number of hydrogen-bond donors (Lipinski definition) is 1. The van der Waals surface area contributed by atoms with E-state index in [1.54, 1.807) is 18.5 Å². The smallest absolute Gasteiger partial charge is 0.177 e. The molecule has 0 fully saturated rings. The van der Waals surface area contributed by atoms with Crippen LogP contribution >= 0.6 is 0 Å². The molecule has 0 aliphatic heterocycles. The lowest BCUT2D eigenvalue weighted by molar-refractivity contribution is 0.317. The molecule has 0 aliphatic carbocycles. The Kier molecular flexibility index (Phi) is 10.3. The van der Waals surface area contributed by atoms with Crippen molar-refractivity contribution in [2.75, 3.05) is 0 Å². The Morgan fingerprint density at radius 3 is 1.95 bits per heavy atom. The molecule has 1 N–H and O–H groups in total. The summed E-state index contributed by atoms with van der Waals surface area (Å²) in [5, 5.41) is 12.4. The van der Waals surface area contributed by atoms with Crippen LogP contribution in [-0.4, -0.2) is 20.9 Å². The Hall–Kier alpha value is -1.45. The lowest BCUT2D eigenvalue weighted by Gasteiger charge is -2.03. The van der Waals surface area contributed by atoms with Crippen LogP contribution in [0.15, 0.2) is 23.6 Å². The van der Waals surface area contributed by atoms with Crippen molar-refractivity contribution in [2.45, 2.75) is 77.6 Å². The highest BCUT2D eigenvalue weighted by Crippen LogP contribution is 2.12. The second-order valence-electron chi connectivity index (χ2n) is 5.55. The minimum absolute atomic E-state index is 0.538. The molecule has 0 aliphatic rings. The Morgan fingerprint density at radius 2 is 1.43 bits per heavy atom. The molecular formula is C17H29N3O. The van der Waals surface area contributed by atoms with E-state index in [1.807, 2.05) is 0 Å². The van der Waals surface area contributed by atoms with Crippen molar-refractivity contribution in [1.82, 2.24) is 9.97 Å². The molecule has 1 heterocycles. The van der Waals surface area contributed by atoms with Crippen LogP contribution in [-0.2, 0) is 0 Å². The maximum absolute atomic E-state index is 9.03. The predicted molar refractivity (Wildman–Crippen MR) is 86.8 cm³/mol. The standard InChI is InChI=1S/C17H29N3O/c1-2-3-4-5-6-7-8-9-10-11-13-16(20-21)17-18-14-12-15-19-17/h12,14-15,21H,2-11,13H2,1H3/b20-16-. The van der Waals surface area contributed by atoms with Gasteiger partial charge in [-0.1, -0.05) is 69.9 Å². The summed E-state index contributed by atoms with van der Waals surface area (Å²) < 4.78 is 0. The van der Waals surface area contributed by atoms with E-state index < -0.39 is 0 Å². The number of unbranched alkanes of at least 4 members (excludes halogenated alkanes) is 9. The topological polar surface area (TPSA) is 58.4 Å². The summed E-state index contributed by atoms with van der Waals surface area (Å²) in [6.07, 6.45) is 17.1. The number of oxime groups is 1. The van der Waals surface area contributed by atoms with Gasteiger partial charge < -0.3 is 5.21 Å². The molecule has 0 amide bonds. The van der Waals surface area contributed by atoms with Gasteiger partial charge >= 0.3 is 0 Å². The quantitative estimate of drug-likeness (QED) is 0.256. The van der Waals surface area contributed by atoms with Crippen molar-refractivity contribution in [2.24, 2.45) is 5.16 Å².